The minimum absolute atomic E-state index is 0.374. The van der Waals surface area contributed by atoms with Gasteiger partial charge in [-0.25, -0.2) is 4.98 Å². The monoisotopic (exact) mass is 411 g/mol. The molecule has 0 amide bonds. The van der Waals surface area contributed by atoms with E-state index in [2.05, 4.69) is 34.7 Å². The first-order valence-electron chi connectivity index (χ1n) is 9.94. The molecule has 0 radical (unpaired) electrons. The van der Waals surface area contributed by atoms with Crippen molar-refractivity contribution in [2.24, 2.45) is 7.05 Å². The minimum Gasteiger partial charge on any atom is -0.369 e. The molecule has 0 atom stereocenters. The maximum atomic E-state index is 11.3. The molecule has 0 spiro atoms. The van der Waals surface area contributed by atoms with Gasteiger partial charge in [0.2, 0.25) is 0 Å². The Hall–Kier alpha value is -1.26. The molecule has 0 saturated heterocycles. The number of nitrogens with zero attached hydrogens (tertiary/aromatic N) is 3. The van der Waals surface area contributed by atoms with Gasteiger partial charge in [0.15, 0.2) is 0 Å². The molecule has 0 bridgehead atoms. The number of anilines is 1. The Bertz CT molecular complexity index is 724. The topological polar surface area (TPSA) is 38.1 Å². The lowest BCUT2D eigenvalue weighted by Crippen LogP contribution is -2.27. The number of benzene rings is 1. The van der Waals surface area contributed by atoms with Crippen molar-refractivity contribution in [1.29, 1.82) is 0 Å². The number of aromatic nitrogens is 2. The van der Waals surface area contributed by atoms with Crippen molar-refractivity contribution in [2.75, 3.05) is 29.7 Å². The normalized spacial score (nSPS) is 11.3. The summed E-state index contributed by atoms with van der Waals surface area (Å²) in [6.45, 7) is 3.49. The van der Waals surface area contributed by atoms with E-state index in [1.54, 1.807) is 0 Å². The van der Waals surface area contributed by atoms with Crippen LogP contribution < -0.4 is 4.90 Å². The number of fused-ring (bicyclic) bond motifs is 1. The summed E-state index contributed by atoms with van der Waals surface area (Å²) in [5.41, 5.74) is 3.29. The van der Waals surface area contributed by atoms with Gasteiger partial charge >= 0.3 is 0 Å². The van der Waals surface area contributed by atoms with Gasteiger partial charge in [-0.3, -0.25) is 4.79 Å². The van der Waals surface area contributed by atoms with Gasteiger partial charge in [-0.2, -0.15) is 0 Å². The summed E-state index contributed by atoms with van der Waals surface area (Å²) in [6, 6.07) is 6.39. The van der Waals surface area contributed by atoms with Crippen molar-refractivity contribution < 1.29 is 4.79 Å². The predicted octanol–water partition coefficient (Wildman–Crippen LogP) is 5.33. The van der Waals surface area contributed by atoms with E-state index in [0.29, 0.717) is 24.0 Å². The van der Waals surface area contributed by atoms with Gasteiger partial charge in [-0.05, 0) is 31.0 Å². The number of carbonyl (C=O) groups is 1. The van der Waals surface area contributed by atoms with Gasteiger partial charge in [0, 0.05) is 56.8 Å². The summed E-state index contributed by atoms with van der Waals surface area (Å²) < 4.78 is 2.19. The van der Waals surface area contributed by atoms with Crippen molar-refractivity contribution in [3.05, 3.63) is 24.0 Å². The number of rotatable bonds is 13. The summed E-state index contributed by atoms with van der Waals surface area (Å²) in [4.78, 5) is 18.4. The van der Waals surface area contributed by atoms with Gasteiger partial charge in [0.25, 0.3) is 0 Å². The van der Waals surface area contributed by atoms with Crippen molar-refractivity contribution in [3.8, 4) is 0 Å². The Kier molecular flexibility index (Phi) is 9.43. The van der Waals surface area contributed by atoms with Crippen LogP contribution in [0.3, 0.4) is 0 Å². The number of hydrogen-bond acceptors (Lipinski definition) is 3. The number of halogens is 2. The average molecular weight is 412 g/mol. The number of alkyl halides is 2. The van der Waals surface area contributed by atoms with E-state index in [4.69, 9.17) is 28.2 Å². The van der Waals surface area contributed by atoms with E-state index in [1.165, 1.54) is 0 Å². The van der Waals surface area contributed by atoms with Crippen LogP contribution in [0.2, 0.25) is 0 Å². The fourth-order valence-corrected chi connectivity index (χ4v) is 3.78. The molecule has 150 valence electrons. The Morgan fingerprint density at radius 2 is 1.81 bits per heavy atom. The first-order valence-corrected chi connectivity index (χ1v) is 11.0. The Labute approximate surface area is 172 Å². The molecule has 27 heavy (non-hydrogen) atoms. The second-order valence-electron chi connectivity index (χ2n) is 6.93. The highest BCUT2D eigenvalue weighted by molar-refractivity contribution is 6.18. The van der Waals surface area contributed by atoms with Crippen molar-refractivity contribution in [1.82, 2.24) is 9.55 Å². The molecule has 2 aromatic rings. The molecule has 0 fully saturated rings. The molecule has 0 aliphatic rings. The number of unbranched alkanes of at least 4 members (excludes halogenated alkanes) is 3. The van der Waals surface area contributed by atoms with Crippen LogP contribution in [0, 0.1) is 0 Å². The van der Waals surface area contributed by atoms with Crippen LogP contribution in [0.4, 0.5) is 5.69 Å². The van der Waals surface area contributed by atoms with Crippen molar-refractivity contribution in [3.63, 3.8) is 0 Å². The second kappa shape index (κ2) is 11.6. The third-order valence-corrected chi connectivity index (χ3v) is 5.37. The maximum Gasteiger partial charge on any atom is 0.132 e. The summed E-state index contributed by atoms with van der Waals surface area (Å²) >= 11 is 11.9. The molecule has 0 N–H and O–H groups in total. The molecule has 0 aliphatic carbocycles. The minimum atomic E-state index is 0.374. The summed E-state index contributed by atoms with van der Waals surface area (Å²) in [6.07, 6.45) is 6.73. The molecule has 4 nitrogen and oxygen atoms in total. The van der Waals surface area contributed by atoms with Crippen LogP contribution in [0.15, 0.2) is 18.2 Å². The molecular weight excluding hydrogens is 381 g/mol. The van der Waals surface area contributed by atoms with Gasteiger partial charge < -0.3 is 9.47 Å². The van der Waals surface area contributed by atoms with Gasteiger partial charge in [0.1, 0.15) is 11.6 Å². The third kappa shape index (κ3) is 6.39. The lowest BCUT2D eigenvalue weighted by atomic mass is 10.1. The molecule has 1 aromatic carbocycles. The predicted molar refractivity (Wildman–Crippen MR) is 116 cm³/mol. The van der Waals surface area contributed by atoms with Crippen LogP contribution in [-0.2, 0) is 18.3 Å². The van der Waals surface area contributed by atoms with E-state index >= 15 is 0 Å². The van der Waals surface area contributed by atoms with Crippen LogP contribution in [-0.4, -0.2) is 40.2 Å². The van der Waals surface area contributed by atoms with Crippen LogP contribution in [0.1, 0.15) is 51.3 Å². The standard InChI is InChI=1S/C21H31Cl2N3O/c1-3-18(27)8-6-4-5-7-9-21-24-19-16-17(10-11-20(19)25(21)2)26(14-12-22)15-13-23/h10-11,16H,3-9,12-15H2,1-2H3. The lowest BCUT2D eigenvalue weighted by molar-refractivity contribution is -0.118. The Morgan fingerprint density at radius 3 is 2.48 bits per heavy atom. The smallest absolute Gasteiger partial charge is 0.132 e. The van der Waals surface area contributed by atoms with Crippen LogP contribution >= 0.6 is 23.2 Å². The zero-order chi connectivity index (χ0) is 19.6. The third-order valence-electron chi connectivity index (χ3n) is 5.03. The first-order chi connectivity index (χ1) is 13.1. The quantitative estimate of drug-likeness (QED) is 0.330. The number of ketones is 1. The molecular formula is C21H31Cl2N3O. The van der Waals surface area contributed by atoms with E-state index in [0.717, 1.165) is 74.2 Å². The van der Waals surface area contributed by atoms with Crippen molar-refractivity contribution in [2.45, 2.75) is 51.9 Å². The number of aryl methyl sites for hydroxylation is 2. The SMILES string of the molecule is CCC(=O)CCCCCCc1nc2cc(N(CCCl)CCCl)ccc2n1C. The highest BCUT2D eigenvalue weighted by Crippen LogP contribution is 2.23. The Morgan fingerprint density at radius 1 is 1.11 bits per heavy atom. The van der Waals surface area contributed by atoms with Gasteiger partial charge in [-0.15, -0.1) is 23.2 Å². The number of carbonyl (C=O) groups excluding carboxylic acids is 1. The molecule has 1 heterocycles. The first kappa shape index (κ1) is 22.0. The largest absolute Gasteiger partial charge is 0.369 e. The highest BCUT2D eigenvalue weighted by atomic mass is 35.5. The fourth-order valence-electron chi connectivity index (χ4n) is 3.37. The van der Waals surface area contributed by atoms with E-state index in [1.807, 2.05) is 6.92 Å². The zero-order valence-corrected chi connectivity index (χ0v) is 18.0. The number of imidazole rings is 1. The lowest BCUT2D eigenvalue weighted by Gasteiger charge is -2.22. The highest BCUT2D eigenvalue weighted by Gasteiger charge is 2.11. The number of hydrogen-bond donors (Lipinski definition) is 0. The molecule has 0 aliphatic heterocycles. The fraction of sp³-hybridized carbons (Fsp3) is 0.619. The van der Waals surface area contributed by atoms with Gasteiger partial charge in [0.05, 0.1) is 11.0 Å². The maximum absolute atomic E-state index is 11.3. The van der Waals surface area contributed by atoms with Crippen molar-refractivity contribution >= 4 is 45.7 Å². The molecule has 6 heteroatoms. The van der Waals surface area contributed by atoms with E-state index in [-0.39, 0.29) is 0 Å². The second-order valence-corrected chi connectivity index (χ2v) is 7.69. The summed E-state index contributed by atoms with van der Waals surface area (Å²) in [5, 5.41) is 0. The van der Waals surface area contributed by atoms with Crippen LogP contribution in [0.25, 0.3) is 11.0 Å². The molecule has 2 rings (SSSR count). The van der Waals surface area contributed by atoms with E-state index in [9.17, 15) is 4.79 Å². The average Bonchev–Trinajstić information content (AvgIpc) is 2.99. The number of Topliss-reactive ketones (excluding diaryl/α,β-unsaturated/α-hetero) is 1. The summed E-state index contributed by atoms with van der Waals surface area (Å²) in [7, 11) is 2.08. The van der Waals surface area contributed by atoms with Crippen LogP contribution in [0.5, 0.6) is 0 Å². The summed E-state index contributed by atoms with van der Waals surface area (Å²) in [5.74, 6) is 2.64. The Balaban J connectivity index is 1.96. The molecule has 0 saturated carbocycles. The molecule has 0 unspecified atom stereocenters. The van der Waals surface area contributed by atoms with E-state index < -0.39 is 0 Å². The van der Waals surface area contributed by atoms with Gasteiger partial charge in [-0.1, -0.05) is 19.8 Å². The molecule has 1 aromatic heterocycles. The zero-order valence-electron chi connectivity index (χ0n) is 16.5.